The Bertz CT molecular complexity index is 808. The van der Waals surface area contributed by atoms with E-state index in [9.17, 15) is 19.8 Å². The van der Waals surface area contributed by atoms with Crippen LogP contribution in [0.2, 0.25) is 0 Å². The fourth-order valence-corrected chi connectivity index (χ4v) is 2.54. The number of carboxylic acids is 1. The van der Waals surface area contributed by atoms with Crippen LogP contribution < -0.4 is 14.8 Å². The molecule has 0 saturated heterocycles. The predicted octanol–water partition coefficient (Wildman–Crippen LogP) is 1.61. The third-order valence-corrected chi connectivity index (χ3v) is 4.00. The Morgan fingerprint density at radius 2 is 1.85 bits per heavy atom. The molecule has 0 radical (unpaired) electrons. The maximum atomic E-state index is 12.1. The summed E-state index contributed by atoms with van der Waals surface area (Å²) >= 11 is 0. The standard InChI is InChI=1S/C18H17NO7/c20-10-18(16(21)22,13-6-7-14-15(8-13)26-11-25-14)19-17(23)24-9-12-4-2-1-3-5-12/h1-8,20H,9-11H2,(H,19,23)(H,21,22). The first-order chi connectivity index (χ1) is 12.5. The lowest BCUT2D eigenvalue weighted by atomic mass is 9.90. The molecule has 26 heavy (non-hydrogen) atoms. The van der Waals surface area contributed by atoms with E-state index in [0.29, 0.717) is 11.5 Å². The number of benzene rings is 2. The number of nitrogens with one attached hydrogen (secondary N) is 1. The molecule has 1 unspecified atom stereocenters. The predicted molar refractivity (Wildman–Crippen MR) is 88.7 cm³/mol. The van der Waals surface area contributed by atoms with E-state index in [-0.39, 0.29) is 19.0 Å². The Hall–Kier alpha value is -3.26. The Morgan fingerprint density at radius 3 is 2.54 bits per heavy atom. The molecule has 3 rings (SSSR count). The highest BCUT2D eigenvalue weighted by molar-refractivity contribution is 5.86. The summed E-state index contributed by atoms with van der Waals surface area (Å²) in [6.07, 6.45) is -0.969. The van der Waals surface area contributed by atoms with Gasteiger partial charge in [0, 0.05) is 0 Å². The first-order valence-electron chi connectivity index (χ1n) is 7.78. The second-order valence-electron chi connectivity index (χ2n) is 5.62. The number of ether oxygens (including phenoxy) is 3. The lowest BCUT2D eigenvalue weighted by Gasteiger charge is -2.28. The number of alkyl carbamates (subject to hydrolysis) is 1. The zero-order valence-corrected chi connectivity index (χ0v) is 13.7. The van der Waals surface area contributed by atoms with Crippen molar-refractivity contribution in [1.82, 2.24) is 5.32 Å². The largest absolute Gasteiger partial charge is 0.479 e. The van der Waals surface area contributed by atoms with Crippen molar-refractivity contribution >= 4 is 12.1 Å². The second kappa shape index (κ2) is 7.32. The summed E-state index contributed by atoms with van der Waals surface area (Å²) in [6.45, 7) is -0.887. The van der Waals surface area contributed by atoms with Crippen LogP contribution in [0.3, 0.4) is 0 Å². The summed E-state index contributed by atoms with van der Waals surface area (Å²) in [4.78, 5) is 24.0. The number of carbonyl (C=O) groups excluding carboxylic acids is 1. The van der Waals surface area contributed by atoms with Gasteiger partial charge in [-0.1, -0.05) is 36.4 Å². The van der Waals surface area contributed by atoms with Gasteiger partial charge in [0.05, 0.1) is 6.61 Å². The zero-order chi connectivity index (χ0) is 18.6. The van der Waals surface area contributed by atoms with Gasteiger partial charge in [-0.25, -0.2) is 9.59 Å². The van der Waals surface area contributed by atoms with Crippen molar-refractivity contribution in [3.8, 4) is 11.5 Å². The van der Waals surface area contributed by atoms with E-state index in [1.54, 1.807) is 24.3 Å². The summed E-state index contributed by atoms with van der Waals surface area (Å²) in [5, 5.41) is 21.7. The minimum atomic E-state index is -2.07. The molecule has 0 spiro atoms. The second-order valence-corrected chi connectivity index (χ2v) is 5.62. The Balaban J connectivity index is 1.79. The highest BCUT2D eigenvalue weighted by Crippen LogP contribution is 2.36. The molecule has 1 amide bonds. The molecule has 8 nitrogen and oxygen atoms in total. The molecule has 136 valence electrons. The number of hydrogen-bond donors (Lipinski definition) is 3. The Kier molecular flexibility index (Phi) is 4.94. The summed E-state index contributed by atoms with van der Waals surface area (Å²) < 4.78 is 15.5. The molecule has 2 aromatic carbocycles. The van der Waals surface area contributed by atoms with Crippen LogP contribution in [0.25, 0.3) is 0 Å². The number of fused-ring (bicyclic) bond motifs is 1. The Labute approximate surface area is 148 Å². The molecule has 0 bridgehead atoms. The van der Waals surface area contributed by atoms with Crippen LogP contribution in [0.15, 0.2) is 48.5 Å². The van der Waals surface area contributed by atoms with Gasteiger partial charge in [0.15, 0.2) is 17.0 Å². The van der Waals surface area contributed by atoms with Gasteiger partial charge in [0.2, 0.25) is 6.79 Å². The topological polar surface area (TPSA) is 114 Å². The molecular weight excluding hydrogens is 342 g/mol. The molecular formula is C18H17NO7. The van der Waals surface area contributed by atoms with Gasteiger partial charge in [0.25, 0.3) is 0 Å². The normalized spacial score (nSPS) is 14.3. The van der Waals surface area contributed by atoms with Gasteiger partial charge in [-0.2, -0.15) is 0 Å². The average molecular weight is 359 g/mol. The zero-order valence-electron chi connectivity index (χ0n) is 13.7. The van der Waals surface area contributed by atoms with Crippen LogP contribution in [0.5, 0.6) is 11.5 Å². The van der Waals surface area contributed by atoms with E-state index in [1.165, 1.54) is 18.2 Å². The van der Waals surface area contributed by atoms with Gasteiger partial charge in [-0.15, -0.1) is 0 Å². The van der Waals surface area contributed by atoms with Gasteiger partial charge in [0.1, 0.15) is 6.61 Å². The molecule has 3 N–H and O–H groups in total. The highest BCUT2D eigenvalue weighted by atomic mass is 16.7. The van der Waals surface area contributed by atoms with Crippen molar-refractivity contribution in [3.63, 3.8) is 0 Å². The summed E-state index contributed by atoms with van der Waals surface area (Å²) in [5.74, 6) is -0.644. The molecule has 2 aromatic rings. The maximum Gasteiger partial charge on any atom is 0.408 e. The van der Waals surface area contributed by atoms with Crippen LogP contribution in [-0.2, 0) is 21.7 Å². The quantitative estimate of drug-likeness (QED) is 0.718. The molecule has 0 saturated carbocycles. The highest BCUT2D eigenvalue weighted by Gasteiger charge is 2.43. The van der Waals surface area contributed by atoms with E-state index < -0.39 is 24.2 Å². The third-order valence-electron chi connectivity index (χ3n) is 4.00. The first-order valence-corrected chi connectivity index (χ1v) is 7.78. The van der Waals surface area contributed by atoms with E-state index in [1.807, 2.05) is 6.07 Å². The number of amides is 1. The van der Waals surface area contributed by atoms with Crippen LogP contribution in [-0.4, -0.2) is 35.7 Å². The fraction of sp³-hybridized carbons (Fsp3) is 0.222. The summed E-state index contributed by atoms with van der Waals surface area (Å²) in [5.41, 5.74) is -1.20. The molecule has 8 heteroatoms. The Morgan fingerprint density at radius 1 is 1.12 bits per heavy atom. The summed E-state index contributed by atoms with van der Waals surface area (Å²) in [7, 11) is 0. The lowest BCUT2D eigenvalue weighted by molar-refractivity contribution is -0.147. The number of aliphatic hydroxyl groups excluding tert-OH is 1. The fourth-order valence-electron chi connectivity index (χ4n) is 2.54. The number of aliphatic carboxylic acids is 1. The third kappa shape index (κ3) is 3.40. The molecule has 1 aliphatic rings. The van der Waals surface area contributed by atoms with E-state index in [2.05, 4.69) is 5.32 Å². The number of rotatable bonds is 6. The monoisotopic (exact) mass is 359 g/mol. The molecule has 1 atom stereocenters. The smallest absolute Gasteiger partial charge is 0.408 e. The van der Waals surface area contributed by atoms with Crippen molar-refractivity contribution in [2.75, 3.05) is 13.4 Å². The minimum absolute atomic E-state index is 0.0184. The van der Waals surface area contributed by atoms with Crippen LogP contribution in [0, 0.1) is 0 Å². The van der Waals surface area contributed by atoms with Crippen LogP contribution >= 0.6 is 0 Å². The molecule has 1 heterocycles. The van der Waals surface area contributed by atoms with Crippen molar-refractivity contribution in [1.29, 1.82) is 0 Å². The van der Waals surface area contributed by atoms with Crippen molar-refractivity contribution < 1.29 is 34.0 Å². The SMILES string of the molecule is O=C(NC(CO)(C(=O)O)c1ccc2c(c1)OCO2)OCc1ccccc1. The lowest BCUT2D eigenvalue weighted by Crippen LogP contribution is -2.54. The number of hydrogen-bond acceptors (Lipinski definition) is 6. The van der Waals surface area contributed by atoms with E-state index in [0.717, 1.165) is 5.56 Å². The first kappa shape index (κ1) is 17.6. The van der Waals surface area contributed by atoms with Crippen molar-refractivity contribution in [2.24, 2.45) is 0 Å². The molecule has 0 aliphatic carbocycles. The average Bonchev–Trinajstić information content (AvgIpc) is 3.13. The molecule has 0 fully saturated rings. The molecule has 1 aliphatic heterocycles. The van der Waals surface area contributed by atoms with Gasteiger partial charge < -0.3 is 24.4 Å². The van der Waals surface area contributed by atoms with E-state index in [4.69, 9.17) is 14.2 Å². The number of carbonyl (C=O) groups is 2. The summed E-state index contributed by atoms with van der Waals surface area (Å²) in [6, 6.07) is 13.3. The maximum absolute atomic E-state index is 12.1. The van der Waals surface area contributed by atoms with Crippen LogP contribution in [0.1, 0.15) is 11.1 Å². The number of carboxylic acid groups (broad SMARTS) is 1. The van der Waals surface area contributed by atoms with Crippen molar-refractivity contribution in [3.05, 3.63) is 59.7 Å². The van der Waals surface area contributed by atoms with Crippen molar-refractivity contribution in [2.45, 2.75) is 12.1 Å². The van der Waals surface area contributed by atoms with Crippen LogP contribution in [0.4, 0.5) is 4.79 Å². The minimum Gasteiger partial charge on any atom is -0.479 e. The molecule has 0 aromatic heterocycles. The van der Waals surface area contributed by atoms with E-state index >= 15 is 0 Å². The number of aliphatic hydroxyl groups is 1. The van der Waals surface area contributed by atoms with Gasteiger partial charge >= 0.3 is 12.1 Å². The van der Waals surface area contributed by atoms with Gasteiger partial charge in [-0.3, -0.25) is 5.32 Å². The van der Waals surface area contributed by atoms with Gasteiger partial charge in [-0.05, 0) is 23.3 Å².